The van der Waals surface area contributed by atoms with Crippen LogP contribution in [-0.4, -0.2) is 36.3 Å². The number of benzene rings is 1. The Morgan fingerprint density at radius 3 is 2.77 bits per heavy atom. The Morgan fingerprint density at radius 1 is 1.19 bits per heavy atom. The fourth-order valence-electron chi connectivity index (χ4n) is 3.81. The van der Waals surface area contributed by atoms with Gasteiger partial charge in [-0.25, -0.2) is 0 Å². The van der Waals surface area contributed by atoms with Gasteiger partial charge in [0.05, 0.1) is 5.92 Å². The Morgan fingerprint density at radius 2 is 2.04 bits per heavy atom. The highest BCUT2D eigenvalue weighted by atomic mass is 32.1. The standard InChI is InChI=1S/C21H24N2O2S/c24-20-17(14-23(11-10-22-20)21(25)15-6-3-7-15)13-16-5-1-2-8-18(16)19-9-4-12-26-19/h1-2,4-5,8-9,12,15,17H,3,6-7,10-11,13-14H2,(H,22,24). The maximum Gasteiger partial charge on any atom is 0.225 e. The number of carbonyl (C=O) groups is 2. The summed E-state index contributed by atoms with van der Waals surface area (Å²) in [7, 11) is 0. The Labute approximate surface area is 158 Å². The van der Waals surface area contributed by atoms with Crippen molar-refractivity contribution >= 4 is 23.2 Å². The number of carbonyl (C=O) groups excluding carboxylic acids is 2. The summed E-state index contributed by atoms with van der Waals surface area (Å²) >= 11 is 1.71. The summed E-state index contributed by atoms with van der Waals surface area (Å²) in [5.74, 6) is 0.295. The van der Waals surface area contributed by atoms with Crippen molar-refractivity contribution in [1.82, 2.24) is 10.2 Å². The van der Waals surface area contributed by atoms with Gasteiger partial charge in [-0.05, 0) is 41.8 Å². The molecule has 4 rings (SSSR count). The fourth-order valence-corrected chi connectivity index (χ4v) is 4.59. The zero-order valence-electron chi connectivity index (χ0n) is 14.8. The lowest BCUT2D eigenvalue weighted by Crippen LogP contribution is -2.42. The monoisotopic (exact) mass is 368 g/mol. The van der Waals surface area contributed by atoms with Crippen LogP contribution < -0.4 is 5.32 Å². The first-order chi connectivity index (χ1) is 12.7. The van der Waals surface area contributed by atoms with E-state index >= 15 is 0 Å². The van der Waals surface area contributed by atoms with Gasteiger partial charge in [0.2, 0.25) is 11.8 Å². The minimum Gasteiger partial charge on any atom is -0.354 e. The highest BCUT2D eigenvalue weighted by molar-refractivity contribution is 7.13. The van der Waals surface area contributed by atoms with Crippen molar-refractivity contribution in [3.8, 4) is 10.4 Å². The molecule has 1 N–H and O–H groups in total. The molecule has 2 aromatic rings. The molecule has 1 saturated carbocycles. The van der Waals surface area contributed by atoms with E-state index in [1.807, 2.05) is 23.1 Å². The molecule has 0 bridgehead atoms. The fraction of sp³-hybridized carbons (Fsp3) is 0.429. The molecular formula is C21H24N2O2S. The molecule has 1 aromatic carbocycles. The zero-order chi connectivity index (χ0) is 17.9. The van der Waals surface area contributed by atoms with E-state index in [0.717, 1.165) is 19.3 Å². The van der Waals surface area contributed by atoms with Crippen LogP contribution in [0.25, 0.3) is 10.4 Å². The molecule has 2 heterocycles. The Kier molecular flexibility index (Phi) is 5.07. The van der Waals surface area contributed by atoms with E-state index in [4.69, 9.17) is 0 Å². The van der Waals surface area contributed by atoms with E-state index in [1.165, 1.54) is 16.0 Å². The maximum atomic E-state index is 12.7. The van der Waals surface area contributed by atoms with E-state index in [1.54, 1.807) is 11.3 Å². The SMILES string of the molecule is O=C1NCCN(C(=O)C2CCC2)CC1Cc1ccccc1-c1cccs1. The smallest absolute Gasteiger partial charge is 0.225 e. The van der Waals surface area contributed by atoms with Crippen LogP contribution in [0.15, 0.2) is 41.8 Å². The summed E-state index contributed by atoms with van der Waals surface area (Å²) in [6.45, 7) is 1.71. The van der Waals surface area contributed by atoms with Crippen molar-refractivity contribution in [2.24, 2.45) is 11.8 Å². The molecule has 136 valence electrons. The van der Waals surface area contributed by atoms with Gasteiger partial charge in [0.25, 0.3) is 0 Å². The molecule has 5 heteroatoms. The Balaban J connectivity index is 1.54. The predicted octanol–water partition coefficient (Wildman–Crippen LogP) is 3.33. The van der Waals surface area contributed by atoms with Gasteiger partial charge in [0.15, 0.2) is 0 Å². The second kappa shape index (κ2) is 7.62. The summed E-state index contributed by atoms with van der Waals surface area (Å²) in [4.78, 5) is 28.4. The van der Waals surface area contributed by atoms with Crippen LogP contribution >= 0.6 is 11.3 Å². The highest BCUT2D eigenvalue weighted by Gasteiger charge is 2.33. The van der Waals surface area contributed by atoms with Crippen molar-refractivity contribution in [3.63, 3.8) is 0 Å². The third-order valence-electron chi connectivity index (χ3n) is 5.53. The van der Waals surface area contributed by atoms with E-state index in [2.05, 4.69) is 28.9 Å². The summed E-state index contributed by atoms with van der Waals surface area (Å²) in [5.41, 5.74) is 2.37. The number of nitrogens with one attached hydrogen (secondary N) is 1. The molecule has 1 aromatic heterocycles. The molecule has 0 radical (unpaired) electrons. The van der Waals surface area contributed by atoms with Crippen molar-refractivity contribution in [2.75, 3.05) is 19.6 Å². The minimum atomic E-state index is -0.192. The molecule has 1 unspecified atom stereocenters. The maximum absolute atomic E-state index is 12.7. The average Bonchev–Trinajstić information content (AvgIpc) is 3.06. The predicted molar refractivity (Wildman–Crippen MR) is 104 cm³/mol. The minimum absolute atomic E-state index is 0.0647. The molecule has 1 aliphatic carbocycles. The third kappa shape index (κ3) is 3.54. The number of amides is 2. The second-order valence-corrected chi connectivity index (χ2v) is 8.19. The summed E-state index contributed by atoms with van der Waals surface area (Å²) < 4.78 is 0. The number of hydrogen-bond donors (Lipinski definition) is 1. The van der Waals surface area contributed by atoms with Crippen molar-refractivity contribution in [3.05, 3.63) is 47.3 Å². The van der Waals surface area contributed by atoms with Crippen LogP contribution in [0.3, 0.4) is 0 Å². The summed E-state index contributed by atoms with van der Waals surface area (Å²) in [6, 6.07) is 12.5. The second-order valence-electron chi connectivity index (χ2n) is 7.24. The molecular weight excluding hydrogens is 344 g/mol. The van der Waals surface area contributed by atoms with Crippen LogP contribution in [0.2, 0.25) is 0 Å². The average molecular weight is 369 g/mol. The first-order valence-electron chi connectivity index (χ1n) is 9.40. The molecule has 26 heavy (non-hydrogen) atoms. The summed E-state index contributed by atoms with van der Waals surface area (Å²) in [5, 5.41) is 5.07. The molecule has 4 nitrogen and oxygen atoms in total. The van der Waals surface area contributed by atoms with Gasteiger partial charge in [0.1, 0.15) is 0 Å². The van der Waals surface area contributed by atoms with Crippen LogP contribution in [-0.2, 0) is 16.0 Å². The number of rotatable bonds is 4. The largest absolute Gasteiger partial charge is 0.354 e. The normalized spacial score (nSPS) is 21.0. The van der Waals surface area contributed by atoms with Crippen LogP contribution in [0.5, 0.6) is 0 Å². The van der Waals surface area contributed by atoms with Gasteiger partial charge in [-0.15, -0.1) is 11.3 Å². The molecule has 1 saturated heterocycles. The lowest BCUT2D eigenvalue weighted by Gasteiger charge is -2.32. The lowest BCUT2D eigenvalue weighted by molar-refractivity contribution is -0.138. The first-order valence-corrected chi connectivity index (χ1v) is 10.3. The van der Waals surface area contributed by atoms with Gasteiger partial charge >= 0.3 is 0 Å². The van der Waals surface area contributed by atoms with Crippen molar-refractivity contribution < 1.29 is 9.59 Å². The zero-order valence-corrected chi connectivity index (χ0v) is 15.6. The molecule has 1 atom stereocenters. The Bertz CT molecular complexity index is 783. The molecule has 2 amide bonds. The van der Waals surface area contributed by atoms with Crippen LogP contribution in [0.1, 0.15) is 24.8 Å². The topological polar surface area (TPSA) is 49.4 Å². The van der Waals surface area contributed by atoms with Crippen molar-refractivity contribution in [1.29, 1.82) is 0 Å². The molecule has 0 spiro atoms. The molecule has 1 aliphatic heterocycles. The van der Waals surface area contributed by atoms with Crippen LogP contribution in [0, 0.1) is 11.8 Å². The van der Waals surface area contributed by atoms with E-state index in [-0.39, 0.29) is 23.7 Å². The van der Waals surface area contributed by atoms with Gasteiger partial charge in [-0.2, -0.15) is 0 Å². The first kappa shape index (κ1) is 17.3. The molecule has 2 aliphatic rings. The van der Waals surface area contributed by atoms with Gasteiger partial charge in [0, 0.05) is 30.4 Å². The quantitative estimate of drug-likeness (QED) is 0.900. The van der Waals surface area contributed by atoms with E-state index < -0.39 is 0 Å². The van der Waals surface area contributed by atoms with E-state index in [0.29, 0.717) is 26.1 Å². The van der Waals surface area contributed by atoms with E-state index in [9.17, 15) is 9.59 Å². The summed E-state index contributed by atoms with van der Waals surface area (Å²) in [6.07, 6.45) is 3.82. The Hall–Kier alpha value is -2.14. The third-order valence-corrected chi connectivity index (χ3v) is 6.43. The number of nitrogens with zero attached hydrogens (tertiary/aromatic N) is 1. The number of thiophene rings is 1. The molecule has 2 fully saturated rings. The van der Waals surface area contributed by atoms with Gasteiger partial charge in [-0.1, -0.05) is 36.8 Å². The lowest BCUT2D eigenvalue weighted by atomic mass is 9.84. The van der Waals surface area contributed by atoms with Crippen molar-refractivity contribution in [2.45, 2.75) is 25.7 Å². The van der Waals surface area contributed by atoms with Gasteiger partial charge < -0.3 is 10.2 Å². The van der Waals surface area contributed by atoms with Gasteiger partial charge in [-0.3, -0.25) is 9.59 Å². The highest BCUT2D eigenvalue weighted by Crippen LogP contribution is 2.31. The number of hydrogen-bond acceptors (Lipinski definition) is 3. The van der Waals surface area contributed by atoms with Crippen LogP contribution in [0.4, 0.5) is 0 Å².